The molecule has 21 heavy (non-hydrogen) atoms. The van der Waals surface area contributed by atoms with Gasteiger partial charge in [0.05, 0.1) is 12.8 Å². The van der Waals surface area contributed by atoms with Crippen LogP contribution in [-0.4, -0.2) is 59.3 Å². The third-order valence-corrected chi connectivity index (χ3v) is 3.18. The van der Waals surface area contributed by atoms with E-state index >= 15 is 0 Å². The van der Waals surface area contributed by atoms with E-state index in [4.69, 9.17) is 9.47 Å². The average molecular weight is 297 g/mol. The number of ether oxygens (including phenoxy) is 2. The molecule has 1 aromatic rings. The molecular weight excluding hydrogens is 278 g/mol. The zero-order valence-electron chi connectivity index (χ0n) is 11.6. The minimum Gasteiger partial charge on any atom is -0.399 e. The van der Waals surface area contributed by atoms with Gasteiger partial charge in [0.2, 0.25) is 0 Å². The Morgan fingerprint density at radius 1 is 1.14 bits per heavy atom. The molecule has 116 valence electrons. The van der Waals surface area contributed by atoms with Crippen LogP contribution in [0.5, 0.6) is 0 Å². The molecule has 1 aliphatic heterocycles. The minimum absolute atomic E-state index is 0.208. The van der Waals surface area contributed by atoms with Gasteiger partial charge in [0, 0.05) is 0 Å². The molecule has 1 fully saturated rings. The van der Waals surface area contributed by atoms with Crippen molar-refractivity contribution in [3.8, 4) is 0 Å². The number of rotatable bonds is 5. The van der Waals surface area contributed by atoms with E-state index in [1.54, 1.807) is 0 Å². The van der Waals surface area contributed by atoms with Gasteiger partial charge in [-0.1, -0.05) is 35.5 Å². The smallest absolute Gasteiger partial charge is 0.187 e. The molecule has 1 unspecified atom stereocenters. The van der Waals surface area contributed by atoms with Crippen LogP contribution in [0.4, 0.5) is 0 Å². The monoisotopic (exact) mass is 297 g/mol. The number of nitrogens with zero attached hydrogens (tertiary/aromatic N) is 1. The fraction of sp³-hybridized carbons (Fsp3) is 0.500. The Bertz CT molecular complexity index is 454. The van der Waals surface area contributed by atoms with Crippen molar-refractivity contribution in [3.05, 3.63) is 35.9 Å². The third kappa shape index (κ3) is 3.99. The lowest BCUT2D eigenvalue weighted by atomic mass is 9.99. The molecule has 1 aliphatic rings. The Morgan fingerprint density at radius 2 is 1.86 bits per heavy atom. The van der Waals surface area contributed by atoms with E-state index in [9.17, 15) is 15.3 Å². The number of benzene rings is 1. The van der Waals surface area contributed by atoms with Crippen molar-refractivity contribution in [2.24, 2.45) is 5.16 Å². The number of oxime groups is 1. The van der Waals surface area contributed by atoms with Crippen molar-refractivity contribution in [2.45, 2.75) is 37.3 Å². The number of aliphatic hydroxyl groups is 3. The number of hydrogen-bond acceptors (Lipinski definition) is 7. The first-order valence-corrected chi connectivity index (χ1v) is 6.55. The lowest BCUT2D eigenvalue weighted by molar-refractivity contribution is -0.285. The van der Waals surface area contributed by atoms with Gasteiger partial charge < -0.3 is 29.6 Å². The lowest BCUT2D eigenvalue weighted by Gasteiger charge is -2.38. The molecule has 7 heteroatoms. The SMILES string of the molecule is CO/N=C/[C@H]1OC(OCc2ccccc2)[C@H](O)[C@@H](O)[C@H]1O. The summed E-state index contributed by atoms with van der Waals surface area (Å²) in [6.45, 7) is 0.208. The molecule has 0 aromatic heterocycles. The fourth-order valence-corrected chi connectivity index (χ4v) is 2.01. The predicted octanol–water partition coefficient (Wildman–Crippen LogP) is -0.357. The van der Waals surface area contributed by atoms with E-state index in [2.05, 4.69) is 9.99 Å². The van der Waals surface area contributed by atoms with Crippen LogP contribution in [0, 0.1) is 0 Å². The standard InChI is InChI=1S/C14H19NO6/c1-19-15-7-10-11(16)12(17)13(18)14(21-10)20-8-9-5-3-2-4-6-9/h2-7,10-14,16-18H,8H2,1H3/b15-7+/t10-,11+,12+,13-,14?/m1/s1. The maximum Gasteiger partial charge on any atom is 0.187 e. The summed E-state index contributed by atoms with van der Waals surface area (Å²) in [6, 6.07) is 9.34. The van der Waals surface area contributed by atoms with Gasteiger partial charge in [-0.15, -0.1) is 0 Å². The third-order valence-electron chi connectivity index (χ3n) is 3.18. The summed E-state index contributed by atoms with van der Waals surface area (Å²) in [5, 5.41) is 33.0. The molecule has 0 amide bonds. The second kappa shape index (κ2) is 7.48. The maximum atomic E-state index is 9.89. The van der Waals surface area contributed by atoms with E-state index in [0.29, 0.717) is 0 Å². The second-order valence-electron chi connectivity index (χ2n) is 4.67. The van der Waals surface area contributed by atoms with Gasteiger partial charge in [0.25, 0.3) is 0 Å². The highest BCUT2D eigenvalue weighted by Gasteiger charge is 2.43. The summed E-state index contributed by atoms with van der Waals surface area (Å²) in [4.78, 5) is 4.51. The summed E-state index contributed by atoms with van der Waals surface area (Å²) in [5.74, 6) is 0. The Kier molecular flexibility index (Phi) is 5.66. The van der Waals surface area contributed by atoms with E-state index in [0.717, 1.165) is 5.56 Å². The summed E-state index contributed by atoms with van der Waals surface area (Å²) in [7, 11) is 1.35. The van der Waals surface area contributed by atoms with Crippen LogP contribution in [-0.2, 0) is 20.9 Å². The van der Waals surface area contributed by atoms with E-state index < -0.39 is 30.7 Å². The highest BCUT2D eigenvalue weighted by Crippen LogP contribution is 2.22. The van der Waals surface area contributed by atoms with E-state index in [1.165, 1.54) is 13.3 Å². The van der Waals surface area contributed by atoms with Crippen molar-refractivity contribution in [1.29, 1.82) is 0 Å². The van der Waals surface area contributed by atoms with Crippen LogP contribution >= 0.6 is 0 Å². The first-order valence-electron chi connectivity index (χ1n) is 6.55. The van der Waals surface area contributed by atoms with Crippen LogP contribution in [0.15, 0.2) is 35.5 Å². The van der Waals surface area contributed by atoms with Gasteiger partial charge >= 0.3 is 0 Å². The van der Waals surface area contributed by atoms with Crippen LogP contribution in [0.2, 0.25) is 0 Å². The molecule has 3 N–H and O–H groups in total. The van der Waals surface area contributed by atoms with Crippen molar-refractivity contribution in [3.63, 3.8) is 0 Å². The van der Waals surface area contributed by atoms with Gasteiger partial charge in [-0.05, 0) is 5.56 Å². The molecule has 7 nitrogen and oxygen atoms in total. The molecule has 0 aliphatic carbocycles. The summed E-state index contributed by atoms with van der Waals surface area (Å²) in [6.07, 6.45) is -4.85. The predicted molar refractivity (Wildman–Crippen MR) is 73.4 cm³/mol. The zero-order chi connectivity index (χ0) is 15.2. The van der Waals surface area contributed by atoms with Crippen molar-refractivity contribution >= 4 is 6.21 Å². The molecule has 5 atom stereocenters. The molecule has 0 radical (unpaired) electrons. The molecule has 0 spiro atoms. The second-order valence-corrected chi connectivity index (χ2v) is 4.67. The normalized spacial score (nSPS) is 33.2. The van der Waals surface area contributed by atoms with Crippen molar-refractivity contribution in [2.75, 3.05) is 7.11 Å². The first-order chi connectivity index (χ1) is 10.1. The molecular formula is C14H19NO6. The van der Waals surface area contributed by atoms with Crippen molar-refractivity contribution in [1.82, 2.24) is 0 Å². The van der Waals surface area contributed by atoms with Crippen molar-refractivity contribution < 1.29 is 29.6 Å². The number of hydrogen-bond donors (Lipinski definition) is 3. The largest absolute Gasteiger partial charge is 0.399 e. The Hall–Kier alpha value is -1.51. The first kappa shape index (κ1) is 15.9. The summed E-state index contributed by atoms with van der Waals surface area (Å²) in [5.41, 5.74) is 0.899. The Labute approximate surface area is 122 Å². The van der Waals surface area contributed by atoms with Crippen LogP contribution in [0.3, 0.4) is 0 Å². The minimum atomic E-state index is -1.40. The van der Waals surface area contributed by atoms with Gasteiger partial charge in [0.1, 0.15) is 31.5 Å². The highest BCUT2D eigenvalue weighted by molar-refractivity contribution is 5.63. The van der Waals surface area contributed by atoms with Gasteiger partial charge in [0.15, 0.2) is 6.29 Å². The molecule has 0 saturated carbocycles. The number of aliphatic hydroxyl groups excluding tert-OH is 3. The molecule has 2 rings (SSSR count). The zero-order valence-corrected chi connectivity index (χ0v) is 11.6. The maximum absolute atomic E-state index is 9.89. The van der Waals surface area contributed by atoms with Crippen LogP contribution in [0.1, 0.15) is 5.56 Å². The Balaban J connectivity index is 1.99. The van der Waals surface area contributed by atoms with E-state index in [1.807, 2.05) is 30.3 Å². The van der Waals surface area contributed by atoms with Gasteiger partial charge in [-0.25, -0.2) is 0 Å². The average Bonchev–Trinajstić information content (AvgIpc) is 2.52. The summed E-state index contributed by atoms with van der Waals surface area (Å²) < 4.78 is 10.9. The molecule has 1 heterocycles. The van der Waals surface area contributed by atoms with Crippen LogP contribution < -0.4 is 0 Å². The lowest BCUT2D eigenvalue weighted by Crippen LogP contribution is -2.58. The fourth-order valence-electron chi connectivity index (χ4n) is 2.01. The topological polar surface area (TPSA) is 101 Å². The molecule has 1 aromatic carbocycles. The highest BCUT2D eigenvalue weighted by atomic mass is 16.7. The molecule has 0 bridgehead atoms. The van der Waals surface area contributed by atoms with Gasteiger partial charge in [-0.2, -0.15) is 0 Å². The summed E-state index contributed by atoms with van der Waals surface area (Å²) >= 11 is 0. The van der Waals surface area contributed by atoms with Gasteiger partial charge in [-0.3, -0.25) is 0 Å². The van der Waals surface area contributed by atoms with E-state index in [-0.39, 0.29) is 6.61 Å². The van der Waals surface area contributed by atoms with Crippen LogP contribution in [0.25, 0.3) is 0 Å². The molecule has 1 saturated heterocycles. The quantitative estimate of drug-likeness (QED) is 0.507. The Morgan fingerprint density at radius 3 is 2.52 bits per heavy atom.